The third-order valence-corrected chi connectivity index (χ3v) is 4.39. The first kappa shape index (κ1) is 16.4. The van der Waals surface area contributed by atoms with E-state index < -0.39 is 0 Å². The molecule has 0 atom stereocenters. The van der Waals surface area contributed by atoms with E-state index in [-0.39, 0.29) is 5.91 Å². The van der Waals surface area contributed by atoms with Crippen molar-refractivity contribution < 1.29 is 4.79 Å². The smallest absolute Gasteiger partial charge is 0.277 e. The molecule has 1 heterocycles. The predicted octanol–water partition coefficient (Wildman–Crippen LogP) is 4.76. The molecule has 0 spiro atoms. The molecule has 1 aliphatic heterocycles. The molecule has 3 nitrogen and oxygen atoms in total. The van der Waals surface area contributed by atoms with Crippen LogP contribution in [-0.2, 0) is 11.2 Å². The van der Waals surface area contributed by atoms with Crippen molar-refractivity contribution >= 4 is 23.0 Å². The van der Waals surface area contributed by atoms with Gasteiger partial charge in [-0.2, -0.15) is 0 Å². The highest BCUT2D eigenvalue weighted by molar-refractivity contribution is 6.54. The lowest BCUT2D eigenvalue weighted by atomic mass is 10.1. The summed E-state index contributed by atoms with van der Waals surface area (Å²) in [5.41, 5.74) is 4.55. The van der Waals surface area contributed by atoms with Crippen molar-refractivity contribution in [3.05, 3.63) is 59.7 Å². The number of aliphatic imine (C=N–C) groups is 1. The zero-order valence-corrected chi connectivity index (χ0v) is 14.6. The van der Waals surface area contributed by atoms with Gasteiger partial charge >= 0.3 is 0 Å². The first-order chi connectivity index (χ1) is 11.6. The van der Waals surface area contributed by atoms with Crippen LogP contribution in [0.3, 0.4) is 0 Å². The minimum Gasteiger partial charge on any atom is -0.306 e. The molecule has 0 saturated heterocycles. The molecule has 2 aromatic carbocycles. The third kappa shape index (κ3) is 3.25. The van der Waals surface area contributed by atoms with Crippen LogP contribution >= 0.6 is 0 Å². The second-order valence-electron chi connectivity index (χ2n) is 6.64. The molecule has 3 heteroatoms. The standard InChI is InChI=1S/C21H24N2O/c1-4-16-8-7-9-17(14-16)22-20-18-10-5-6-11-19(18)23(21(20)24)13-12-15(2)3/h5-11,14-15H,4,12-13H2,1-3H3. The van der Waals surface area contributed by atoms with Gasteiger partial charge in [0.05, 0.1) is 11.4 Å². The molecular formula is C21H24N2O. The number of hydrogen-bond donors (Lipinski definition) is 0. The Labute approximate surface area is 144 Å². The Hall–Kier alpha value is -2.42. The summed E-state index contributed by atoms with van der Waals surface area (Å²) in [6.07, 6.45) is 1.95. The zero-order valence-electron chi connectivity index (χ0n) is 14.6. The summed E-state index contributed by atoms with van der Waals surface area (Å²) in [7, 11) is 0. The number of carbonyl (C=O) groups excluding carboxylic acids is 1. The molecule has 0 N–H and O–H groups in total. The summed E-state index contributed by atoms with van der Waals surface area (Å²) in [5, 5.41) is 0. The first-order valence-corrected chi connectivity index (χ1v) is 8.69. The Bertz CT molecular complexity index is 777. The minimum atomic E-state index is 0.0127. The van der Waals surface area contributed by atoms with Gasteiger partial charge in [0.1, 0.15) is 5.71 Å². The maximum Gasteiger partial charge on any atom is 0.277 e. The van der Waals surface area contributed by atoms with Crippen LogP contribution in [0.15, 0.2) is 53.5 Å². The van der Waals surface area contributed by atoms with Crippen molar-refractivity contribution in [2.24, 2.45) is 10.9 Å². The van der Waals surface area contributed by atoms with Gasteiger partial charge in [-0.05, 0) is 42.5 Å². The van der Waals surface area contributed by atoms with E-state index in [1.807, 2.05) is 41.3 Å². The van der Waals surface area contributed by atoms with E-state index in [4.69, 9.17) is 4.99 Å². The molecule has 0 bridgehead atoms. The highest BCUT2D eigenvalue weighted by Crippen LogP contribution is 2.31. The van der Waals surface area contributed by atoms with Crippen LogP contribution in [0.5, 0.6) is 0 Å². The van der Waals surface area contributed by atoms with Crippen molar-refractivity contribution in [2.75, 3.05) is 11.4 Å². The summed E-state index contributed by atoms with van der Waals surface area (Å²) in [5.74, 6) is 0.575. The van der Waals surface area contributed by atoms with Crippen LogP contribution in [0.25, 0.3) is 0 Å². The molecule has 0 aromatic heterocycles. The molecule has 124 valence electrons. The van der Waals surface area contributed by atoms with Crippen LogP contribution in [0, 0.1) is 5.92 Å². The average molecular weight is 320 g/mol. The lowest BCUT2D eigenvalue weighted by Gasteiger charge is -2.17. The van der Waals surface area contributed by atoms with Gasteiger partial charge in [-0.15, -0.1) is 0 Å². The van der Waals surface area contributed by atoms with Crippen molar-refractivity contribution in [3.8, 4) is 0 Å². The Morgan fingerprint density at radius 3 is 2.62 bits per heavy atom. The maximum atomic E-state index is 12.9. The van der Waals surface area contributed by atoms with Gasteiger partial charge < -0.3 is 4.90 Å². The van der Waals surface area contributed by atoms with Gasteiger partial charge in [-0.1, -0.05) is 51.1 Å². The molecule has 1 aliphatic rings. The van der Waals surface area contributed by atoms with E-state index in [0.29, 0.717) is 11.6 Å². The summed E-state index contributed by atoms with van der Waals surface area (Å²) in [6, 6.07) is 16.1. The van der Waals surface area contributed by atoms with E-state index in [1.54, 1.807) is 0 Å². The Kier molecular flexibility index (Phi) is 4.79. The molecule has 0 radical (unpaired) electrons. The second-order valence-corrected chi connectivity index (χ2v) is 6.64. The van der Waals surface area contributed by atoms with E-state index in [9.17, 15) is 4.79 Å². The third-order valence-electron chi connectivity index (χ3n) is 4.39. The minimum absolute atomic E-state index is 0.0127. The van der Waals surface area contributed by atoms with E-state index in [1.165, 1.54) is 5.56 Å². The number of fused-ring (bicyclic) bond motifs is 1. The topological polar surface area (TPSA) is 32.7 Å². The summed E-state index contributed by atoms with van der Waals surface area (Å²) in [4.78, 5) is 19.5. The molecule has 0 aliphatic carbocycles. The fourth-order valence-corrected chi connectivity index (χ4v) is 2.95. The lowest BCUT2D eigenvalue weighted by Crippen LogP contribution is -2.31. The van der Waals surface area contributed by atoms with Gasteiger partial charge in [0.25, 0.3) is 5.91 Å². The fourth-order valence-electron chi connectivity index (χ4n) is 2.95. The number of nitrogens with zero attached hydrogens (tertiary/aromatic N) is 2. The zero-order chi connectivity index (χ0) is 17.1. The summed E-state index contributed by atoms with van der Waals surface area (Å²) in [6.45, 7) is 7.22. The molecule has 24 heavy (non-hydrogen) atoms. The number of para-hydroxylation sites is 1. The number of amides is 1. The monoisotopic (exact) mass is 320 g/mol. The second kappa shape index (κ2) is 7.00. The number of carbonyl (C=O) groups is 1. The number of rotatable bonds is 5. The van der Waals surface area contributed by atoms with Crippen LogP contribution in [-0.4, -0.2) is 18.2 Å². The molecule has 2 aromatic rings. The molecule has 0 fully saturated rings. The van der Waals surface area contributed by atoms with Crippen LogP contribution in [0.4, 0.5) is 11.4 Å². The Morgan fingerprint density at radius 2 is 1.88 bits per heavy atom. The molecule has 0 saturated carbocycles. The largest absolute Gasteiger partial charge is 0.306 e. The number of hydrogen-bond acceptors (Lipinski definition) is 2. The van der Waals surface area contributed by atoms with E-state index >= 15 is 0 Å². The number of aryl methyl sites for hydroxylation is 1. The molecule has 1 amide bonds. The van der Waals surface area contributed by atoms with Crippen molar-refractivity contribution in [1.82, 2.24) is 0 Å². The van der Waals surface area contributed by atoms with Gasteiger partial charge in [0, 0.05) is 12.1 Å². The maximum absolute atomic E-state index is 12.9. The van der Waals surface area contributed by atoms with Crippen molar-refractivity contribution in [3.63, 3.8) is 0 Å². The Morgan fingerprint density at radius 1 is 1.08 bits per heavy atom. The normalized spacial score (nSPS) is 15.4. The van der Waals surface area contributed by atoms with E-state index in [0.717, 1.165) is 36.3 Å². The van der Waals surface area contributed by atoms with Crippen molar-refractivity contribution in [1.29, 1.82) is 0 Å². The number of benzene rings is 2. The lowest BCUT2D eigenvalue weighted by molar-refractivity contribution is -0.112. The highest BCUT2D eigenvalue weighted by atomic mass is 16.2. The van der Waals surface area contributed by atoms with Gasteiger partial charge in [-0.3, -0.25) is 4.79 Å². The van der Waals surface area contributed by atoms with Crippen LogP contribution in [0.1, 0.15) is 38.3 Å². The molecule has 3 rings (SSSR count). The predicted molar refractivity (Wildman–Crippen MR) is 100 cm³/mol. The molecule has 0 unspecified atom stereocenters. The van der Waals surface area contributed by atoms with Crippen molar-refractivity contribution in [2.45, 2.75) is 33.6 Å². The fraction of sp³-hybridized carbons (Fsp3) is 0.333. The highest BCUT2D eigenvalue weighted by Gasteiger charge is 2.33. The van der Waals surface area contributed by atoms with Gasteiger partial charge in [0.2, 0.25) is 0 Å². The van der Waals surface area contributed by atoms with E-state index in [2.05, 4.69) is 32.9 Å². The Balaban J connectivity index is 1.99. The van der Waals surface area contributed by atoms with Crippen LogP contribution in [0.2, 0.25) is 0 Å². The van der Waals surface area contributed by atoms with Gasteiger partial charge in [-0.25, -0.2) is 4.99 Å². The molecular weight excluding hydrogens is 296 g/mol. The quantitative estimate of drug-likeness (QED) is 0.781. The average Bonchev–Trinajstić information content (AvgIpc) is 2.85. The summed E-state index contributed by atoms with van der Waals surface area (Å²) < 4.78 is 0. The SMILES string of the molecule is CCc1cccc(N=C2C(=O)N(CCC(C)C)c3ccccc32)c1. The number of anilines is 1. The summed E-state index contributed by atoms with van der Waals surface area (Å²) >= 11 is 0. The van der Waals surface area contributed by atoms with Gasteiger partial charge in [0.15, 0.2) is 0 Å². The van der Waals surface area contributed by atoms with Crippen LogP contribution < -0.4 is 4.90 Å². The first-order valence-electron chi connectivity index (χ1n) is 8.69.